The Hall–Kier alpha value is -1.37. The number of hydrogen-bond acceptors (Lipinski definition) is 3. The van der Waals surface area contributed by atoms with Gasteiger partial charge in [0, 0.05) is 30.7 Å². The molecule has 1 aromatic carbocycles. The summed E-state index contributed by atoms with van der Waals surface area (Å²) in [5, 5.41) is 12.7. The number of piperidine rings is 1. The zero-order valence-electron chi connectivity index (χ0n) is 13.7. The van der Waals surface area contributed by atoms with Gasteiger partial charge in [0.05, 0.1) is 11.6 Å². The van der Waals surface area contributed by atoms with Crippen LogP contribution in [0, 0.1) is 11.3 Å². The van der Waals surface area contributed by atoms with Crippen molar-refractivity contribution in [2.75, 3.05) is 13.1 Å². The van der Waals surface area contributed by atoms with Gasteiger partial charge in [-0.3, -0.25) is 4.90 Å². The van der Waals surface area contributed by atoms with Gasteiger partial charge < -0.3 is 5.32 Å². The number of hydrogen-bond donors (Lipinski definition) is 1. The molecule has 3 heteroatoms. The maximum Gasteiger partial charge on any atom is 0.0991 e. The lowest BCUT2D eigenvalue weighted by Crippen LogP contribution is -2.50. The Balaban J connectivity index is 1.90. The third-order valence-corrected chi connectivity index (χ3v) is 4.45. The second-order valence-electron chi connectivity index (χ2n) is 7.06. The predicted molar refractivity (Wildman–Crippen MR) is 87.1 cm³/mol. The monoisotopic (exact) mass is 285 g/mol. The van der Waals surface area contributed by atoms with Crippen LogP contribution in [0.5, 0.6) is 0 Å². The molecule has 1 fully saturated rings. The fourth-order valence-corrected chi connectivity index (χ4v) is 3.04. The molecule has 3 nitrogen and oxygen atoms in total. The van der Waals surface area contributed by atoms with Gasteiger partial charge in [-0.05, 0) is 58.2 Å². The van der Waals surface area contributed by atoms with Gasteiger partial charge in [0.25, 0.3) is 0 Å². The van der Waals surface area contributed by atoms with Gasteiger partial charge >= 0.3 is 0 Å². The zero-order valence-corrected chi connectivity index (χ0v) is 13.7. The van der Waals surface area contributed by atoms with Crippen molar-refractivity contribution in [3.63, 3.8) is 0 Å². The summed E-state index contributed by atoms with van der Waals surface area (Å²) in [6.07, 6.45) is 2.39. The van der Waals surface area contributed by atoms with Gasteiger partial charge in [0.1, 0.15) is 0 Å². The predicted octanol–water partition coefficient (Wildman–Crippen LogP) is 3.47. The number of nitrogens with one attached hydrogen (secondary N) is 1. The molecule has 0 aliphatic carbocycles. The molecule has 0 bridgehead atoms. The van der Waals surface area contributed by atoms with Gasteiger partial charge in [0.2, 0.25) is 0 Å². The molecular weight excluding hydrogens is 258 g/mol. The van der Waals surface area contributed by atoms with Crippen molar-refractivity contribution < 1.29 is 0 Å². The van der Waals surface area contributed by atoms with Crippen molar-refractivity contribution in [3.05, 3.63) is 35.4 Å². The SMILES string of the molecule is CC(NC1CCN(C(C)(C)C)CC1)c1cccc(C#N)c1. The number of nitrogens with zero attached hydrogens (tertiary/aromatic N) is 2. The third kappa shape index (κ3) is 4.30. The second-order valence-corrected chi connectivity index (χ2v) is 7.06. The first-order valence-corrected chi connectivity index (χ1v) is 7.91. The summed E-state index contributed by atoms with van der Waals surface area (Å²) in [4.78, 5) is 2.56. The van der Waals surface area contributed by atoms with E-state index in [2.05, 4.69) is 50.0 Å². The molecule has 1 atom stereocenters. The molecule has 1 N–H and O–H groups in total. The van der Waals surface area contributed by atoms with Crippen LogP contribution >= 0.6 is 0 Å². The quantitative estimate of drug-likeness (QED) is 0.924. The Bertz CT molecular complexity index is 502. The Morgan fingerprint density at radius 3 is 2.52 bits per heavy atom. The molecule has 2 rings (SSSR count). The number of benzene rings is 1. The van der Waals surface area contributed by atoms with Gasteiger partial charge in [0.15, 0.2) is 0 Å². The highest BCUT2D eigenvalue weighted by molar-refractivity contribution is 5.34. The van der Waals surface area contributed by atoms with E-state index in [9.17, 15) is 0 Å². The summed E-state index contributed by atoms with van der Waals surface area (Å²) < 4.78 is 0. The van der Waals surface area contributed by atoms with Crippen LogP contribution in [0.4, 0.5) is 0 Å². The molecule has 0 amide bonds. The van der Waals surface area contributed by atoms with Crippen LogP contribution in [0.3, 0.4) is 0 Å². The van der Waals surface area contributed by atoms with Crippen LogP contribution in [-0.2, 0) is 0 Å². The Kier molecular flexibility index (Phi) is 5.03. The normalized spacial score (nSPS) is 19.2. The summed E-state index contributed by atoms with van der Waals surface area (Å²) in [5.41, 5.74) is 2.22. The molecule has 1 unspecified atom stereocenters. The van der Waals surface area contributed by atoms with E-state index in [0.717, 1.165) is 18.7 Å². The van der Waals surface area contributed by atoms with Gasteiger partial charge in [-0.2, -0.15) is 5.26 Å². The summed E-state index contributed by atoms with van der Waals surface area (Å²) in [6.45, 7) is 11.4. The Morgan fingerprint density at radius 1 is 1.29 bits per heavy atom. The van der Waals surface area contributed by atoms with Crippen LogP contribution in [-0.4, -0.2) is 29.6 Å². The molecule has 114 valence electrons. The highest BCUT2D eigenvalue weighted by Crippen LogP contribution is 2.22. The number of likely N-dealkylation sites (tertiary alicyclic amines) is 1. The van der Waals surface area contributed by atoms with Crippen molar-refractivity contribution in [1.29, 1.82) is 5.26 Å². The van der Waals surface area contributed by atoms with Crippen LogP contribution in [0.15, 0.2) is 24.3 Å². The highest BCUT2D eigenvalue weighted by Gasteiger charge is 2.27. The molecule has 1 saturated heterocycles. The average molecular weight is 285 g/mol. The van der Waals surface area contributed by atoms with E-state index < -0.39 is 0 Å². The van der Waals surface area contributed by atoms with Crippen LogP contribution in [0.25, 0.3) is 0 Å². The van der Waals surface area contributed by atoms with E-state index in [1.165, 1.54) is 18.4 Å². The smallest absolute Gasteiger partial charge is 0.0991 e. The molecule has 21 heavy (non-hydrogen) atoms. The highest BCUT2D eigenvalue weighted by atomic mass is 15.2. The van der Waals surface area contributed by atoms with Crippen LogP contribution in [0.2, 0.25) is 0 Å². The third-order valence-electron chi connectivity index (χ3n) is 4.45. The van der Waals surface area contributed by atoms with Gasteiger partial charge in [-0.25, -0.2) is 0 Å². The molecule has 0 radical (unpaired) electrons. The van der Waals surface area contributed by atoms with E-state index in [4.69, 9.17) is 5.26 Å². The molecule has 1 aliphatic heterocycles. The molecule has 0 aromatic heterocycles. The Morgan fingerprint density at radius 2 is 1.95 bits per heavy atom. The van der Waals surface area contributed by atoms with E-state index >= 15 is 0 Å². The lowest BCUT2D eigenvalue weighted by atomic mass is 9.96. The molecule has 0 saturated carbocycles. The zero-order chi connectivity index (χ0) is 15.5. The van der Waals surface area contributed by atoms with Gasteiger partial charge in [-0.15, -0.1) is 0 Å². The topological polar surface area (TPSA) is 39.1 Å². The van der Waals surface area contributed by atoms with E-state index in [0.29, 0.717) is 12.1 Å². The summed E-state index contributed by atoms with van der Waals surface area (Å²) in [5.74, 6) is 0. The maximum absolute atomic E-state index is 8.99. The van der Waals surface area contributed by atoms with E-state index in [1.54, 1.807) is 0 Å². The fourth-order valence-electron chi connectivity index (χ4n) is 3.04. The first-order chi connectivity index (χ1) is 9.90. The summed E-state index contributed by atoms with van der Waals surface area (Å²) >= 11 is 0. The van der Waals surface area contributed by atoms with Crippen molar-refractivity contribution in [1.82, 2.24) is 10.2 Å². The van der Waals surface area contributed by atoms with Crippen LogP contribution < -0.4 is 5.32 Å². The number of rotatable bonds is 3. The molecular formula is C18H27N3. The largest absolute Gasteiger partial charge is 0.307 e. The average Bonchev–Trinajstić information content (AvgIpc) is 2.47. The minimum Gasteiger partial charge on any atom is -0.307 e. The lowest BCUT2D eigenvalue weighted by molar-refractivity contribution is 0.0942. The van der Waals surface area contributed by atoms with Crippen molar-refractivity contribution in [2.24, 2.45) is 0 Å². The van der Waals surface area contributed by atoms with E-state index in [1.807, 2.05) is 18.2 Å². The minimum absolute atomic E-state index is 0.276. The van der Waals surface area contributed by atoms with Gasteiger partial charge in [-0.1, -0.05) is 12.1 Å². The fraction of sp³-hybridized carbons (Fsp3) is 0.611. The standard InChI is InChI=1S/C18H27N3/c1-14(16-7-5-6-15(12-16)13-19)20-17-8-10-21(11-9-17)18(2,3)4/h5-7,12,14,17,20H,8-11H2,1-4H3. The summed E-state index contributed by atoms with van der Waals surface area (Å²) in [6, 6.07) is 11.0. The van der Waals surface area contributed by atoms with E-state index in [-0.39, 0.29) is 5.54 Å². The molecule has 1 aromatic rings. The molecule has 1 aliphatic rings. The van der Waals surface area contributed by atoms with Crippen molar-refractivity contribution in [3.8, 4) is 6.07 Å². The minimum atomic E-state index is 0.276. The first-order valence-electron chi connectivity index (χ1n) is 7.91. The number of nitriles is 1. The summed E-state index contributed by atoms with van der Waals surface area (Å²) in [7, 11) is 0. The van der Waals surface area contributed by atoms with Crippen LogP contribution in [0.1, 0.15) is 57.7 Å². The molecule has 1 heterocycles. The second kappa shape index (κ2) is 6.60. The first kappa shape index (κ1) is 16.0. The Labute approximate surface area is 129 Å². The lowest BCUT2D eigenvalue weighted by Gasteiger charge is -2.41. The van der Waals surface area contributed by atoms with Crippen molar-refractivity contribution in [2.45, 2.75) is 58.2 Å². The molecule has 0 spiro atoms. The van der Waals surface area contributed by atoms with Crippen molar-refractivity contribution >= 4 is 0 Å². The maximum atomic E-state index is 8.99.